The van der Waals surface area contributed by atoms with E-state index in [1.165, 1.54) is 19.3 Å². The molecule has 0 spiro atoms. The predicted octanol–water partition coefficient (Wildman–Crippen LogP) is 3.34. The highest BCUT2D eigenvalue weighted by molar-refractivity contribution is 5.45. The molecule has 0 radical (unpaired) electrons. The quantitative estimate of drug-likeness (QED) is 0.616. The van der Waals surface area contributed by atoms with Gasteiger partial charge in [0, 0.05) is 19.1 Å². The van der Waals surface area contributed by atoms with Crippen LogP contribution in [0, 0.1) is 0 Å². The number of methoxy groups -OCH3 is 2. The Kier molecular flexibility index (Phi) is 8.83. The fourth-order valence-corrected chi connectivity index (χ4v) is 2.77. The minimum Gasteiger partial charge on any atom is -0.496 e. The molecule has 1 atom stereocenters. The number of nitrogens with zero attached hydrogens (tertiary/aromatic N) is 1. The maximum atomic E-state index is 8.36. The fourth-order valence-electron chi connectivity index (χ4n) is 2.77. The summed E-state index contributed by atoms with van der Waals surface area (Å²) in [6.07, 6.45) is 8.34. The minimum atomic E-state index is -0.250. The van der Waals surface area contributed by atoms with Crippen LogP contribution in [-0.4, -0.2) is 43.3 Å². The summed E-state index contributed by atoms with van der Waals surface area (Å²) in [6, 6.07) is 6.52. The van der Waals surface area contributed by atoms with Crippen LogP contribution in [-0.2, 0) is 11.3 Å². The SMILES string of the molecule is CCCCC1C=CCN1Cc1c(OC)cccc1OC.O=CO. The van der Waals surface area contributed by atoms with Crippen LogP contribution in [0.4, 0.5) is 0 Å². The second-order valence-electron chi connectivity index (χ2n) is 5.31. The minimum absolute atomic E-state index is 0.250. The smallest absolute Gasteiger partial charge is 0.290 e. The summed E-state index contributed by atoms with van der Waals surface area (Å²) in [7, 11) is 3.43. The molecule has 0 bridgehead atoms. The molecule has 23 heavy (non-hydrogen) atoms. The van der Waals surface area contributed by atoms with Crippen molar-refractivity contribution in [3.63, 3.8) is 0 Å². The van der Waals surface area contributed by atoms with Crippen LogP contribution in [0.15, 0.2) is 30.4 Å². The van der Waals surface area contributed by atoms with E-state index >= 15 is 0 Å². The van der Waals surface area contributed by atoms with E-state index in [-0.39, 0.29) is 6.47 Å². The first-order chi connectivity index (χ1) is 11.2. The predicted molar refractivity (Wildman–Crippen MR) is 91.1 cm³/mol. The van der Waals surface area contributed by atoms with Gasteiger partial charge >= 0.3 is 0 Å². The van der Waals surface area contributed by atoms with E-state index in [1.807, 2.05) is 18.2 Å². The maximum absolute atomic E-state index is 8.36. The number of benzene rings is 1. The molecular formula is C18H27NO4. The van der Waals surface area contributed by atoms with E-state index in [9.17, 15) is 0 Å². The fraction of sp³-hybridized carbons (Fsp3) is 0.500. The summed E-state index contributed by atoms with van der Waals surface area (Å²) in [5.41, 5.74) is 1.14. The topological polar surface area (TPSA) is 59.0 Å². The molecule has 0 fully saturated rings. The highest BCUT2D eigenvalue weighted by atomic mass is 16.5. The van der Waals surface area contributed by atoms with Gasteiger partial charge in [-0.25, -0.2) is 0 Å². The first kappa shape index (κ1) is 19.0. The van der Waals surface area contributed by atoms with Crippen molar-refractivity contribution in [1.29, 1.82) is 0 Å². The molecule has 2 rings (SSSR count). The summed E-state index contributed by atoms with van der Waals surface area (Å²) in [4.78, 5) is 10.8. The van der Waals surface area contributed by atoms with Crippen molar-refractivity contribution < 1.29 is 19.4 Å². The molecule has 0 aromatic heterocycles. The Balaban J connectivity index is 0.000000816. The molecule has 1 N–H and O–H groups in total. The molecule has 0 saturated carbocycles. The van der Waals surface area contributed by atoms with Gasteiger partial charge in [0.25, 0.3) is 6.47 Å². The molecule has 5 heteroatoms. The molecule has 1 heterocycles. The monoisotopic (exact) mass is 321 g/mol. The normalized spacial score (nSPS) is 16.6. The Hall–Kier alpha value is -2.01. The van der Waals surface area contributed by atoms with E-state index in [0.29, 0.717) is 6.04 Å². The van der Waals surface area contributed by atoms with Gasteiger partial charge in [0.05, 0.1) is 19.8 Å². The van der Waals surface area contributed by atoms with E-state index in [1.54, 1.807) is 14.2 Å². The zero-order chi connectivity index (χ0) is 17.1. The van der Waals surface area contributed by atoms with Gasteiger partial charge in [-0.15, -0.1) is 0 Å². The standard InChI is InChI=1S/C17H25NO2.CH2O2/c1-4-5-8-14-9-7-12-18(14)13-15-16(19-2)10-6-11-17(15)20-3;2-1-3/h6-7,9-11,14H,4-5,8,12-13H2,1-3H3;1H,(H,2,3). The molecule has 5 nitrogen and oxygen atoms in total. The van der Waals surface area contributed by atoms with Gasteiger partial charge < -0.3 is 14.6 Å². The van der Waals surface area contributed by atoms with Gasteiger partial charge in [0.15, 0.2) is 0 Å². The van der Waals surface area contributed by atoms with Crippen LogP contribution in [0.5, 0.6) is 11.5 Å². The number of ether oxygens (including phenoxy) is 2. The zero-order valence-electron chi connectivity index (χ0n) is 14.2. The van der Waals surface area contributed by atoms with Crippen molar-refractivity contribution >= 4 is 6.47 Å². The molecule has 1 aliphatic heterocycles. The van der Waals surface area contributed by atoms with Gasteiger partial charge in [-0.3, -0.25) is 9.69 Å². The highest BCUT2D eigenvalue weighted by Crippen LogP contribution is 2.31. The second kappa shape index (κ2) is 10.7. The number of unbranched alkanes of at least 4 members (excludes halogenated alkanes) is 1. The summed E-state index contributed by atoms with van der Waals surface area (Å²) in [5, 5.41) is 6.89. The van der Waals surface area contributed by atoms with Gasteiger partial charge in [0.2, 0.25) is 0 Å². The maximum Gasteiger partial charge on any atom is 0.290 e. The highest BCUT2D eigenvalue weighted by Gasteiger charge is 2.22. The number of hydrogen-bond acceptors (Lipinski definition) is 4. The summed E-state index contributed by atoms with van der Waals surface area (Å²) in [6.45, 7) is 3.87. The Bertz CT molecular complexity index is 480. The molecule has 0 aliphatic carbocycles. The lowest BCUT2D eigenvalue weighted by Gasteiger charge is -2.26. The third-order valence-corrected chi connectivity index (χ3v) is 3.91. The van der Waals surface area contributed by atoms with Crippen LogP contribution in [0.25, 0.3) is 0 Å². The molecule has 0 amide bonds. The average molecular weight is 321 g/mol. The number of carboxylic acid groups (broad SMARTS) is 1. The first-order valence-corrected chi connectivity index (χ1v) is 7.90. The van der Waals surface area contributed by atoms with Crippen LogP contribution < -0.4 is 9.47 Å². The third kappa shape index (κ3) is 5.60. The molecule has 1 aromatic rings. The lowest BCUT2D eigenvalue weighted by molar-refractivity contribution is -0.122. The van der Waals surface area contributed by atoms with Gasteiger partial charge in [-0.05, 0) is 18.6 Å². The Morgan fingerprint density at radius 2 is 1.91 bits per heavy atom. The van der Waals surface area contributed by atoms with Crippen LogP contribution in [0.3, 0.4) is 0 Å². The first-order valence-electron chi connectivity index (χ1n) is 7.90. The van der Waals surface area contributed by atoms with Crippen LogP contribution in [0.2, 0.25) is 0 Å². The van der Waals surface area contributed by atoms with Crippen molar-refractivity contribution in [2.24, 2.45) is 0 Å². The van der Waals surface area contributed by atoms with E-state index in [0.717, 1.165) is 30.2 Å². The molecule has 1 unspecified atom stereocenters. The van der Waals surface area contributed by atoms with Crippen molar-refractivity contribution in [3.8, 4) is 11.5 Å². The molecule has 1 aliphatic rings. The molecular weight excluding hydrogens is 294 g/mol. The summed E-state index contributed by atoms with van der Waals surface area (Å²) >= 11 is 0. The number of carbonyl (C=O) groups is 1. The molecule has 128 valence electrons. The van der Waals surface area contributed by atoms with Crippen molar-refractivity contribution in [2.45, 2.75) is 38.8 Å². The van der Waals surface area contributed by atoms with Crippen molar-refractivity contribution in [2.75, 3.05) is 20.8 Å². The lowest BCUT2D eigenvalue weighted by atomic mass is 10.1. The van der Waals surface area contributed by atoms with E-state index in [4.69, 9.17) is 19.4 Å². The lowest BCUT2D eigenvalue weighted by Crippen LogP contribution is -2.29. The molecule has 1 aromatic carbocycles. The van der Waals surface area contributed by atoms with Crippen LogP contribution >= 0.6 is 0 Å². The number of hydrogen-bond donors (Lipinski definition) is 1. The van der Waals surface area contributed by atoms with E-state index in [2.05, 4.69) is 24.0 Å². The van der Waals surface area contributed by atoms with Gasteiger partial charge in [-0.1, -0.05) is 38.0 Å². The van der Waals surface area contributed by atoms with Crippen molar-refractivity contribution in [1.82, 2.24) is 4.90 Å². The Morgan fingerprint density at radius 1 is 1.30 bits per heavy atom. The molecule has 0 saturated heterocycles. The zero-order valence-corrected chi connectivity index (χ0v) is 14.2. The average Bonchev–Trinajstić information content (AvgIpc) is 3.01. The largest absolute Gasteiger partial charge is 0.496 e. The summed E-state index contributed by atoms with van der Waals surface area (Å²) in [5.74, 6) is 1.82. The summed E-state index contributed by atoms with van der Waals surface area (Å²) < 4.78 is 11.0. The van der Waals surface area contributed by atoms with Crippen molar-refractivity contribution in [3.05, 3.63) is 35.9 Å². The van der Waals surface area contributed by atoms with Gasteiger partial charge in [-0.2, -0.15) is 0 Å². The van der Waals surface area contributed by atoms with Gasteiger partial charge in [0.1, 0.15) is 11.5 Å². The third-order valence-electron chi connectivity index (χ3n) is 3.91. The number of rotatable bonds is 7. The van der Waals surface area contributed by atoms with Crippen LogP contribution in [0.1, 0.15) is 31.7 Å². The second-order valence-corrected chi connectivity index (χ2v) is 5.31. The Morgan fingerprint density at radius 3 is 2.43 bits per heavy atom. The van der Waals surface area contributed by atoms with E-state index < -0.39 is 0 Å². The Labute approximate surface area is 138 Å².